The van der Waals surface area contributed by atoms with Crippen molar-refractivity contribution in [3.05, 3.63) is 72.8 Å². The van der Waals surface area contributed by atoms with Crippen LogP contribution in [-0.2, 0) is 9.53 Å². The van der Waals surface area contributed by atoms with Crippen LogP contribution in [-0.4, -0.2) is 13.1 Å². The second kappa shape index (κ2) is 6.93. The zero-order valence-electron chi connectivity index (χ0n) is 13.0. The molecule has 0 N–H and O–H groups in total. The lowest BCUT2D eigenvalue weighted by Gasteiger charge is -2.03. The van der Waals surface area contributed by atoms with E-state index < -0.39 is 0 Å². The largest absolute Gasteiger partial charge is 0.468 e. The normalized spacial score (nSPS) is 10.3. The van der Waals surface area contributed by atoms with Crippen LogP contribution in [0.15, 0.2) is 72.8 Å². The number of rotatable bonds is 2. The van der Waals surface area contributed by atoms with Crippen molar-refractivity contribution >= 4 is 28.0 Å². The molecular weight excluding hydrogens is 284 g/mol. The van der Waals surface area contributed by atoms with Gasteiger partial charge in [0.25, 0.3) is 6.47 Å². The monoisotopic (exact) mass is 302 g/mol. The van der Waals surface area contributed by atoms with Gasteiger partial charge in [-0.25, -0.2) is 0 Å². The fraction of sp³-hybridized carbons (Fsp3) is 0.0952. The van der Waals surface area contributed by atoms with Crippen molar-refractivity contribution in [3.8, 4) is 11.1 Å². The molecule has 0 bridgehead atoms. The summed E-state index contributed by atoms with van der Waals surface area (Å²) in [5.74, 6) is 0. The minimum atomic E-state index is 0.431. The number of fused-ring (bicyclic) bond motifs is 5. The number of hydrogen-bond acceptors (Lipinski definition) is 2. The molecule has 0 unspecified atom stereocenters. The highest BCUT2D eigenvalue weighted by Crippen LogP contribution is 2.33. The molecule has 2 aromatic carbocycles. The smallest absolute Gasteiger partial charge is 0.293 e. The Labute approximate surface area is 135 Å². The predicted molar refractivity (Wildman–Crippen MR) is 95.8 cm³/mol. The van der Waals surface area contributed by atoms with E-state index in [1.807, 2.05) is 0 Å². The third-order valence-electron chi connectivity index (χ3n) is 3.88. The van der Waals surface area contributed by atoms with E-state index in [1.165, 1.54) is 32.7 Å². The second-order valence-electron chi connectivity index (χ2n) is 5.22. The molecule has 2 aliphatic carbocycles. The Morgan fingerprint density at radius 1 is 0.783 bits per heavy atom. The van der Waals surface area contributed by atoms with E-state index in [9.17, 15) is 4.79 Å². The first-order valence-electron chi connectivity index (χ1n) is 7.69. The molecule has 0 heterocycles. The summed E-state index contributed by atoms with van der Waals surface area (Å²) >= 11 is 0. The van der Waals surface area contributed by atoms with E-state index in [0.29, 0.717) is 13.1 Å². The highest BCUT2D eigenvalue weighted by atomic mass is 16.5. The van der Waals surface area contributed by atoms with Gasteiger partial charge < -0.3 is 4.74 Å². The molecule has 23 heavy (non-hydrogen) atoms. The van der Waals surface area contributed by atoms with Crippen molar-refractivity contribution in [2.45, 2.75) is 6.92 Å². The minimum Gasteiger partial charge on any atom is -0.468 e. The first kappa shape index (κ1) is 15.0. The van der Waals surface area contributed by atoms with Gasteiger partial charge in [-0.2, -0.15) is 0 Å². The van der Waals surface area contributed by atoms with Gasteiger partial charge in [0.05, 0.1) is 6.61 Å². The Bertz CT molecular complexity index is 912. The summed E-state index contributed by atoms with van der Waals surface area (Å²) in [5.41, 5.74) is 2.64. The van der Waals surface area contributed by atoms with Crippen LogP contribution in [0.2, 0.25) is 0 Å². The molecule has 0 atom stereocenters. The molecule has 2 heteroatoms. The van der Waals surface area contributed by atoms with Gasteiger partial charge in [0, 0.05) is 0 Å². The average Bonchev–Trinajstić information content (AvgIpc) is 2.97. The van der Waals surface area contributed by atoms with E-state index in [-0.39, 0.29) is 0 Å². The zero-order valence-corrected chi connectivity index (χ0v) is 13.0. The minimum absolute atomic E-state index is 0.431. The van der Waals surface area contributed by atoms with Crippen LogP contribution in [0.25, 0.3) is 32.7 Å². The van der Waals surface area contributed by atoms with Crippen LogP contribution in [0.4, 0.5) is 0 Å². The summed E-state index contributed by atoms with van der Waals surface area (Å²) in [6, 6.07) is 26.1. The van der Waals surface area contributed by atoms with Crippen LogP contribution < -0.4 is 0 Å². The molecular formula is C21H18O2. The van der Waals surface area contributed by atoms with Gasteiger partial charge in [0.1, 0.15) is 0 Å². The molecule has 0 aliphatic heterocycles. The fourth-order valence-corrected chi connectivity index (χ4v) is 2.85. The molecule has 0 radical (unpaired) electrons. The zero-order chi connectivity index (χ0) is 16.1. The van der Waals surface area contributed by atoms with E-state index in [2.05, 4.69) is 77.5 Å². The van der Waals surface area contributed by atoms with Crippen LogP contribution in [0.5, 0.6) is 0 Å². The fourth-order valence-electron chi connectivity index (χ4n) is 2.85. The quantitative estimate of drug-likeness (QED) is 0.471. The molecule has 0 amide bonds. The molecule has 0 spiro atoms. The lowest BCUT2D eigenvalue weighted by molar-refractivity contribution is -0.128. The van der Waals surface area contributed by atoms with Gasteiger partial charge in [0.2, 0.25) is 0 Å². The van der Waals surface area contributed by atoms with Crippen molar-refractivity contribution in [2.24, 2.45) is 0 Å². The van der Waals surface area contributed by atoms with E-state index in [1.54, 1.807) is 6.92 Å². The third-order valence-corrected chi connectivity index (χ3v) is 3.88. The second-order valence-corrected chi connectivity index (χ2v) is 5.22. The Kier molecular flexibility index (Phi) is 4.53. The van der Waals surface area contributed by atoms with Crippen molar-refractivity contribution < 1.29 is 9.53 Å². The maximum atomic E-state index is 9.18. The molecule has 0 aromatic heterocycles. The van der Waals surface area contributed by atoms with Gasteiger partial charge in [-0.05, 0) is 39.6 Å². The summed E-state index contributed by atoms with van der Waals surface area (Å²) in [7, 11) is 0. The average molecular weight is 302 g/mol. The molecule has 114 valence electrons. The van der Waals surface area contributed by atoms with Crippen LogP contribution in [0.1, 0.15) is 6.92 Å². The first-order valence-corrected chi connectivity index (χ1v) is 7.69. The lowest BCUT2D eigenvalue weighted by Crippen LogP contribution is -1.80. The summed E-state index contributed by atoms with van der Waals surface area (Å²) in [5, 5.41) is 5.29. The maximum Gasteiger partial charge on any atom is 0.293 e. The Morgan fingerprint density at radius 2 is 1.52 bits per heavy atom. The van der Waals surface area contributed by atoms with Gasteiger partial charge in [-0.15, -0.1) is 0 Å². The highest BCUT2D eigenvalue weighted by Gasteiger charge is 2.06. The number of hydrogen-bond donors (Lipinski definition) is 0. The van der Waals surface area contributed by atoms with Gasteiger partial charge >= 0.3 is 0 Å². The Balaban J connectivity index is 0.000000276. The predicted octanol–water partition coefficient (Wildman–Crippen LogP) is 5.28. The SMILES string of the molecule is CCOC=O.c1cc2cccc3c(ccc4ccccc43)c-2c1. The standard InChI is InChI=1S/C18H12.C3H6O2/c1-2-8-15-14(5-1)11-12-18-16-9-3-6-13(16)7-4-10-17(15)18;1-2-5-3-4/h1-12H;3H,2H2,1H3. The maximum absolute atomic E-state index is 9.18. The van der Waals surface area contributed by atoms with Crippen molar-refractivity contribution in [2.75, 3.05) is 6.61 Å². The van der Waals surface area contributed by atoms with E-state index in [0.717, 1.165) is 0 Å². The molecule has 2 aromatic rings. The number of carbonyl (C=O) groups excluding carboxylic acids is 1. The molecule has 2 nitrogen and oxygen atoms in total. The van der Waals surface area contributed by atoms with Gasteiger partial charge in [0.15, 0.2) is 0 Å². The summed E-state index contributed by atoms with van der Waals surface area (Å²) in [6.07, 6.45) is 0. The van der Waals surface area contributed by atoms with E-state index >= 15 is 0 Å². The van der Waals surface area contributed by atoms with Crippen molar-refractivity contribution in [1.82, 2.24) is 0 Å². The van der Waals surface area contributed by atoms with Crippen LogP contribution in [0, 0.1) is 0 Å². The lowest BCUT2D eigenvalue weighted by atomic mass is 10.0. The number of carbonyl (C=O) groups is 1. The topological polar surface area (TPSA) is 26.3 Å². The molecule has 0 saturated carbocycles. The third kappa shape index (κ3) is 3.02. The molecule has 2 aliphatic rings. The van der Waals surface area contributed by atoms with Crippen LogP contribution >= 0.6 is 0 Å². The number of ether oxygens (including phenoxy) is 1. The Morgan fingerprint density at radius 3 is 2.26 bits per heavy atom. The van der Waals surface area contributed by atoms with Crippen LogP contribution in [0.3, 0.4) is 0 Å². The van der Waals surface area contributed by atoms with Gasteiger partial charge in [-0.1, -0.05) is 72.8 Å². The number of benzene rings is 2. The van der Waals surface area contributed by atoms with Crippen molar-refractivity contribution in [1.29, 1.82) is 0 Å². The summed E-state index contributed by atoms with van der Waals surface area (Å²) in [6.45, 7) is 2.66. The van der Waals surface area contributed by atoms with Crippen molar-refractivity contribution in [3.63, 3.8) is 0 Å². The molecule has 0 saturated heterocycles. The Hall–Kier alpha value is -2.87. The summed E-state index contributed by atoms with van der Waals surface area (Å²) < 4.78 is 4.15. The summed E-state index contributed by atoms with van der Waals surface area (Å²) in [4.78, 5) is 9.18. The highest BCUT2D eigenvalue weighted by molar-refractivity contribution is 6.11. The van der Waals surface area contributed by atoms with Gasteiger partial charge in [-0.3, -0.25) is 4.79 Å². The molecule has 4 rings (SSSR count). The molecule has 0 fully saturated rings. The first-order chi connectivity index (χ1) is 11.3. The van der Waals surface area contributed by atoms with E-state index in [4.69, 9.17) is 0 Å².